The average Bonchev–Trinajstić information content (AvgIpc) is 3.12. The highest BCUT2D eigenvalue weighted by atomic mass is 31.2. The van der Waals surface area contributed by atoms with Crippen molar-refractivity contribution in [3.8, 4) is 5.75 Å². The number of carbonyl (C=O) groups excluding carboxylic acids is 1. The Hall–Kier alpha value is -3.09. The monoisotopic (exact) mass is 594 g/mol. The predicted molar refractivity (Wildman–Crippen MR) is 152 cm³/mol. The quantitative estimate of drug-likeness (QED) is 0.189. The fourth-order valence-electron chi connectivity index (χ4n) is 4.37. The van der Waals surface area contributed by atoms with Crippen molar-refractivity contribution in [1.29, 1.82) is 0 Å². The Labute approximate surface area is 238 Å². The standard InChI is InChI=1S/C27H39N4O9P/c1-15(2)19-10-9-17(5)13-20(19)40-41(36,30-18(6)24(34)38-16(3)4)37-14-21-23(33)27(7,28-8)25(39-21)31-12-11-22(32)29-26(31)35/h9-13,15-16,18,21,23,25,33H,8,14H2,1-7H3,(H,30,36)(H,29,32,35)/t18-,21+,23+,25+,27+,41?/m0/s1. The molecule has 1 saturated heterocycles. The van der Waals surface area contributed by atoms with Gasteiger partial charge in [-0.3, -0.25) is 28.7 Å². The minimum atomic E-state index is -4.32. The van der Waals surface area contributed by atoms with Gasteiger partial charge >= 0.3 is 19.4 Å². The van der Waals surface area contributed by atoms with Crippen LogP contribution >= 0.6 is 7.75 Å². The molecule has 1 unspecified atom stereocenters. The number of nitrogens with zero attached hydrogens (tertiary/aromatic N) is 2. The molecule has 0 saturated carbocycles. The summed E-state index contributed by atoms with van der Waals surface area (Å²) in [5.41, 5.74) is -1.22. The van der Waals surface area contributed by atoms with Gasteiger partial charge in [0.25, 0.3) is 5.56 Å². The van der Waals surface area contributed by atoms with E-state index in [1.165, 1.54) is 20.0 Å². The van der Waals surface area contributed by atoms with Crippen LogP contribution in [0.5, 0.6) is 5.75 Å². The van der Waals surface area contributed by atoms with Gasteiger partial charge in [0.05, 0.1) is 12.7 Å². The number of aliphatic imine (C=N–C) groups is 1. The van der Waals surface area contributed by atoms with Crippen molar-refractivity contribution in [2.24, 2.45) is 4.99 Å². The summed E-state index contributed by atoms with van der Waals surface area (Å²) in [4.78, 5) is 42.7. The molecule has 0 bridgehead atoms. The lowest BCUT2D eigenvalue weighted by atomic mass is 9.93. The van der Waals surface area contributed by atoms with E-state index in [0.29, 0.717) is 5.75 Å². The molecule has 2 aromatic rings. The van der Waals surface area contributed by atoms with Crippen molar-refractivity contribution in [2.75, 3.05) is 6.61 Å². The van der Waals surface area contributed by atoms with Crippen LogP contribution in [-0.2, 0) is 23.4 Å². The molecule has 226 valence electrons. The molecule has 3 rings (SSSR count). The predicted octanol–water partition coefficient (Wildman–Crippen LogP) is 2.82. The normalized spacial score (nSPS) is 24.7. The van der Waals surface area contributed by atoms with E-state index >= 15 is 0 Å². The summed E-state index contributed by atoms with van der Waals surface area (Å²) in [5.74, 6) is -0.361. The van der Waals surface area contributed by atoms with E-state index in [1.54, 1.807) is 19.9 Å². The molecule has 1 aliphatic rings. The van der Waals surface area contributed by atoms with Crippen molar-refractivity contribution in [1.82, 2.24) is 14.6 Å². The first-order chi connectivity index (χ1) is 19.1. The molecule has 0 radical (unpaired) electrons. The van der Waals surface area contributed by atoms with Gasteiger partial charge < -0.3 is 19.1 Å². The average molecular weight is 595 g/mol. The van der Waals surface area contributed by atoms with Crippen molar-refractivity contribution < 1.29 is 33.0 Å². The number of aliphatic hydroxyl groups is 1. The summed E-state index contributed by atoms with van der Waals surface area (Å²) < 4.78 is 38.2. The maximum atomic E-state index is 14.2. The van der Waals surface area contributed by atoms with Crippen LogP contribution in [0.4, 0.5) is 0 Å². The molecule has 1 aromatic carbocycles. The Bertz CT molecular complexity index is 1420. The third-order valence-electron chi connectivity index (χ3n) is 6.67. The van der Waals surface area contributed by atoms with E-state index in [1.807, 2.05) is 32.9 Å². The van der Waals surface area contributed by atoms with Crippen LogP contribution in [0.2, 0.25) is 0 Å². The third kappa shape index (κ3) is 7.41. The van der Waals surface area contributed by atoms with Gasteiger partial charge in [0.15, 0.2) is 6.23 Å². The van der Waals surface area contributed by atoms with Gasteiger partial charge in [-0.2, -0.15) is 5.09 Å². The van der Waals surface area contributed by atoms with Crippen molar-refractivity contribution >= 4 is 20.4 Å². The lowest BCUT2D eigenvalue weighted by molar-refractivity contribution is -0.149. The Morgan fingerprint density at radius 2 is 1.95 bits per heavy atom. The molecular formula is C27H39N4O9P. The number of ether oxygens (including phenoxy) is 2. The number of hydrogen-bond acceptors (Lipinski definition) is 10. The van der Waals surface area contributed by atoms with Crippen LogP contribution in [0.25, 0.3) is 0 Å². The second-order valence-electron chi connectivity index (χ2n) is 10.8. The number of benzene rings is 1. The highest BCUT2D eigenvalue weighted by Crippen LogP contribution is 2.49. The molecule has 14 heteroatoms. The lowest BCUT2D eigenvalue weighted by Crippen LogP contribution is -2.45. The molecule has 1 aliphatic heterocycles. The Balaban J connectivity index is 1.93. The fourth-order valence-corrected chi connectivity index (χ4v) is 5.89. The maximum absolute atomic E-state index is 14.2. The highest BCUT2D eigenvalue weighted by Gasteiger charge is 2.54. The van der Waals surface area contributed by atoms with Gasteiger partial charge in [-0.1, -0.05) is 26.0 Å². The Kier molecular flexibility index (Phi) is 10.1. The molecule has 1 aromatic heterocycles. The van der Waals surface area contributed by atoms with Gasteiger partial charge in [0.1, 0.15) is 29.5 Å². The molecule has 0 spiro atoms. The third-order valence-corrected chi connectivity index (χ3v) is 8.30. The van der Waals surface area contributed by atoms with Crippen LogP contribution in [0.1, 0.15) is 64.8 Å². The zero-order chi connectivity index (χ0) is 30.7. The first-order valence-corrected chi connectivity index (χ1v) is 14.8. The smallest absolute Gasteiger partial charge is 0.459 e. The van der Waals surface area contributed by atoms with Gasteiger partial charge in [0.2, 0.25) is 0 Å². The number of aromatic nitrogens is 2. The van der Waals surface area contributed by atoms with Crippen molar-refractivity contribution in [2.45, 2.75) is 90.5 Å². The van der Waals surface area contributed by atoms with Crippen LogP contribution in [0.3, 0.4) is 0 Å². The number of aliphatic hydroxyl groups excluding tert-OH is 1. The number of H-pyrrole nitrogens is 1. The van der Waals surface area contributed by atoms with E-state index in [2.05, 4.69) is 21.8 Å². The Morgan fingerprint density at radius 3 is 2.54 bits per heavy atom. The molecule has 41 heavy (non-hydrogen) atoms. The summed E-state index contributed by atoms with van der Waals surface area (Å²) in [6, 6.07) is 5.50. The minimum absolute atomic E-state index is 0.0122. The zero-order valence-electron chi connectivity index (χ0n) is 24.3. The topological polar surface area (TPSA) is 171 Å². The number of rotatable bonds is 12. The maximum Gasteiger partial charge on any atom is 0.459 e. The van der Waals surface area contributed by atoms with Crippen LogP contribution in [0.15, 0.2) is 45.0 Å². The number of aromatic amines is 1. The summed E-state index contributed by atoms with van der Waals surface area (Å²) in [6.07, 6.45) is -2.89. The molecular weight excluding hydrogens is 555 g/mol. The zero-order valence-corrected chi connectivity index (χ0v) is 25.2. The molecule has 3 N–H and O–H groups in total. The molecule has 13 nitrogen and oxygen atoms in total. The highest BCUT2D eigenvalue weighted by molar-refractivity contribution is 7.52. The number of esters is 1. The molecule has 1 fully saturated rings. The largest absolute Gasteiger partial charge is 0.462 e. The van der Waals surface area contributed by atoms with E-state index in [-0.39, 0.29) is 5.92 Å². The second kappa shape index (κ2) is 12.8. The second-order valence-corrected chi connectivity index (χ2v) is 12.5. The minimum Gasteiger partial charge on any atom is -0.462 e. The number of hydrogen-bond donors (Lipinski definition) is 3. The number of aryl methyl sites for hydroxylation is 1. The summed E-state index contributed by atoms with van der Waals surface area (Å²) >= 11 is 0. The SMILES string of the molecule is C=N[C@]1(C)[C@H](O)[C@@H](COP(=O)(N[C@@H](C)C(=O)OC(C)C)Oc2cc(C)ccc2C(C)C)O[C@H]1n1ccc(=O)[nH]c1=O. The van der Waals surface area contributed by atoms with E-state index in [4.69, 9.17) is 18.5 Å². The van der Waals surface area contributed by atoms with Crippen LogP contribution in [-0.4, -0.2) is 63.8 Å². The fraction of sp³-hybridized carbons (Fsp3) is 0.556. The van der Waals surface area contributed by atoms with E-state index in [9.17, 15) is 24.1 Å². The van der Waals surface area contributed by atoms with Crippen LogP contribution < -0.4 is 20.9 Å². The number of carbonyl (C=O) groups is 1. The van der Waals surface area contributed by atoms with Crippen LogP contribution in [0, 0.1) is 6.92 Å². The van der Waals surface area contributed by atoms with Gasteiger partial charge in [0, 0.05) is 12.3 Å². The van der Waals surface area contributed by atoms with Gasteiger partial charge in [-0.05, 0) is 64.4 Å². The van der Waals surface area contributed by atoms with Gasteiger partial charge in [-0.15, -0.1) is 0 Å². The first-order valence-electron chi connectivity index (χ1n) is 13.3. The van der Waals surface area contributed by atoms with E-state index < -0.39 is 67.7 Å². The molecule has 6 atom stereocenters. The molecule has 2 heterocycles. The van der Waals surface area contributed by atoms with Crippen molar-refractivity contribution in [3.63, 3.8) is 0 Å². The Morgan fingerprint density at radius 1 is 1.27 bits per heavy atom. The summed E-state index contributed by atoms with van der Waals surface area (Å²) in [6.45, 7) is 15.2. The summed E-state index contributed by atoms with van der Waals surface area (Å²) in [5, 5.41) is 13.8. The summed E-state index contributed by atoms with van der Waals surface area (Å²) in [7, 11) is -4.32. The lowest BCUT2D eigenvalue weighted by Gasteiger charge is -2.29. The first kappa shape index (κ1) is 32.4. The van der Waals surface area contributed by atoms with E-state index in [0.717, 1.165) is 21.8 Å². The van der Waals surface area contributed by atoms with Gasteiger partial charge in [-0.25, -0.2) is 9.36 Å². The number of nitrogens with one attached hydrogen (secondary N) is 2. The molecule has 0 amide bonds. The van der Waals surface area contributed by atoms with Crippen molar-refractivity contribution in [3.05, 3.63) is 62.4 Å². The molecule has 0 aliphatic carbocycles.